The molecule has 0 bridgehead atoms. The van der Waals surface area contributed by atoms with Crippen LogP contribution in [0.4, 0.5) is 4.79 Å². The number of nitrogens with one attached hydrogen (secondary N) is 1. The summed E-state index contributed by atoms with van der Waals surface area (Å²) in [5.74, 6) is 0.358. The number of hydrogen-bond acceptors (Lipinski definition) is 2. The smallest absolute Gasteiger partial charge is 0.407 e. The number of halogens is 1. The Hall–Kier alpha value is -1.22. The molecular formula is C13H18ClNO2. The molecule has 1 aromatic rings. The molecule has 3 nitrogen and oxygen atoms in total. The summed E-state index contributed by atoms with van der Waals surface area (Å²) in [5.41, 5.74) is 1.14. The summed E-state index contributed by atoms with van der Waals surface area (Å²) in [6.07, 6.45) is 0.418. The Labute approximate surface area is 107 Å². The Morgan fingerprint density at radius 2 is 2.00 bits per heavy atom. The van der Waals surface area contributed by atoms with Crippen molar-refractivity contribution in [1.82, 2.24) is 5.32 Å². The molecule has 0 unspecified atom stereocenters. The van der Waals surface area contributed by atoms with Crippen LogP contribution in [0.1, 0.15) is 19.4 Å². The van der Waals surface area contributed by atoms with E-state index in [0.29, 0.717) is 19.1 Å². The Morgan fingerprint density at radius 1 is 1.35 bits per heavy atom. The van der Waals surface area contributed by atoms with E-state index < -0.39 is 0 Å². The third-order valence-electron chi connectivity index (χ3n) is 2.14. The third-order valence-corrected chi connectivity index (χ3v) is 2.40. The van der Waals surface area contributed by atoms with Crippen LogP contribution in [0.3, 0.4) is 0 Å². The van der Waals surface area contributed by atoms with Gasteiger partial charge in [-0.3, -0.25) is 0 Å². The van der Waals surface area contributed by atoms with E-state index in [-0.39, 0.29) is 6.09 Å². The van der Waals surface area contributed by atoms with Crippen LogP contribution in [0.15, 0.2) is 24.3 Å². The molecule has 0 saturated carbocycles. The van der Waals surface area contributed by atoms with Crippen LogP contribution >= 0.6 is 11.6 Å². The van der Waals surface area contributed by atoms with Crippen molar-refractivity contribution in [3.05, 3.63) is 34.9 Å². The highest BCUT2D eigenvalue weighted by molar-refractivity contribution is 6.30. The van der Waals surface area contributed by atoms with E-state index in [4.69, 9.17) is 16.3 Å². The summed E-state index contributed by atoms with van der Waals surface area (Å²) < 4.78 is 4.99. The minimum Gasteiger partial charge on any atom is -0.449 e. The Bertz CT molecular complexity index is 349. The lowest BCUT2D eigenvalue weighted by Gasteiger charge is -2.08. The van der Waals surface area contributed by atoms with Crippen LogP contribution in [0.25, 0.3) is 0 Å². The SMILES string of the molecule is CC(C)COC(=O)NCCc1ccc(Cl)cc1. The van der Waals surface area contributed by atoms with Crippen molar-refractivity contribution in [3.63, 3.8) is 0 Å². The Balaban J connectivity index is 2.19. The molecule has 0 radical (unpaired) electrons. The van der Waals surface area contributed by atoms with E-state index in [1.807, 2.05) is 38.1 Å². The number of amides is 1. The molecule has 0 aliphatic carbocycles. The first kappa shape index (κ1) is 13.8. The molecule has 94 valence electrons. The van der Waals surface area contributed by atoms with Gasteiger partial charge in [-0.1, -0.05) is 37.6 Å². The van der Waals surface area contributed by atoms with Crippen LogP contribution in [0, 0.1) is 5.92 Å². The quantitative estimate of drug-likeness (QED) is 0.877. The van der Waals surface area contributed by atoms with Gasteiger partial charge in [0.2, 0.25) is 0 Å². The van der Waals surface area contributed by atoms with Crippen LogP contribution in [0.5, 0.6) is 0 Å². The van der Waals surface area contributed by atoms with Gasteiger partial charge < -0.3 is 10.1 Å². The first-order valence-corrected chi connectivity index (χ1v) is 6.11. The van der Waals surface area contributed by atoms with E-state index in [1.54, 1.807) is 0 Å². The second-order valence-corrected chi connectivity index (χ2v) is 4.73. The molecule has 0 atom stereocenters. The van der Waals surface area contributed by atoms with Crippen molar-refractivity contribution in [1.29, 1.82) is 0 Å². The van der Waals surface area contributed by atoms with E-state index in [0.717, 1.165) is 17.0 Å². The molecule has 4 heteroatoms. The van der Waals surface area contributed by atoms with Gasteiger partial charge in [-0.25, -0.2) is 4.79 Å². The summed E-state index contributed by atoms with van der Waals surface area (Å²) in [4.78, 5) is 11.2. The highest BCUT2D eigenvalue weighted by Crippen LogP contribution is 2.09. The fourth-order valence-electron chi connectivity index (χ4n) is 1.25. The number of rotatable bonds is 5. The van der Waals surface area contributed by atoms with Crippen LogP contribution in [-0.4, -0.2) is 19.2 Å². The molecule has 1 rings (SSSR count). The van der Waals surface area contributed by atoms with E-state index in [1.165, 1.54) is 0 Å². The maximum absolute atomic E-state index is 11.2. The predicted molar refractivity (Wildman–Crippen MR) is 69.3 cm³/mol. The van der Waals surface area contributed by atoms with E-state index in [9.17, 15) is 4.79 Å². The Kier molecular flexibility index (Phi) is 5.84. The molecule has 17 heavy (non-hydrogen) atoms. The molecule has 1 aromatic carbocycles. The summed E-state index contributed by atoms with van der Waals surface area (Å²) in [6.45, 7) is 5.02. The molecular weight excluding hydrogens is 238 g/mol. The standard InChI is InChI=1S/C13H18ClNO2/c1-10(2)9-17-13(16)15-8-7-11-3-5-12(14)6-4-11/h3-6,10H,7-9H2,1-2H3,(H,15,16). The Morgan fingerprint density at radius 3 is 2.59 bits per heavy atom. The van der Waals surface area contributed by atoms with Crippen molar-refractivity contribution < 1.29 is 9.53 Å². The molecule has 0 aliphatic heterocycles. The van der Waals surface area contributed by atoms with Gasteiger partial charge in [0.05, 0.1) is 6.61 Å². The average Bonchev–Trinajstić information content (AvgIpc) is 2.29. The third kappa shape index (κ3) is 6.17. The first-order valence-electron chi connectivity index (χ1n) is 5.73. The first-order chi connectivity index (χ1) is 8.08. The van der Waals surface area contributed by atoms with E-state index in [2.05, 4.69) is 5.32 Å². The topological polar surface area (TPSA) is 38.3 Å². The largest absolute Gasteiger partial charge is 0.449 e. The second-order valence-electron chi connectivity index (χ2n) is 4.30. The molecule has 0 saturated heterocycles. The van der Waals surface area contributed by atoms with Crippen LogP contribution in [0.2, 0.25) is 5.02 Å². The van der Waals surface area contributed by atoms with Gasteiger partial charge in [0.1, 0.15) is 0 Å². The lowest BCUT2D eigenvalue weighted by molar-refractivity contribution is 0.133. The van der Waals surface area contributed by atoms with Crippen molar-refractivity contribution in [2.75, 3.05) is 13.2 Å². The number of hydrogen-bond donors (Lipinski definition) is 1. The zero-order valence-corrected chi connectivity index (χ0v) is 11.0. The maximum atomic E-state index is 11.2. The fourth-order valence-corrected chi connectivity index (χ4v) is 1.38. The zero-order chi connectivity index (χ0) is 12.7. The summed E-state index contributed by atoms with van der Waals surface area (Å²) >= 11 is 5.78. The molecule has 0 spiro atoms. The van der Waals surface area contributed by atoms with Gasteiger partial charge in [0.15, 0.2) is 0 Å². The molecule has 1 N–H and O–H groups in total. The summed E-state index contributed by atoms with van der Waals surface area (Å²) in [7, 11) is 0. The number of carbonyl (C=O) groups is 1. The van der Waals surface area contributed by atoms with Crippen molar-refractivity contribution in [2.24, 2.45) is 5.92 Å². The molecule has 0 fully saturated rings. The van der Waals surface area contributed by atoms with Gasteiger partial charge >= 0.3 is 6.09 Å². The van der Waals surface area contributed by atoms with Crippen molar-refractivity contribution in [2.45, 2.75) is 20.3 Å². The number of carbonyl (C=O) groups excluding carboxylic acids is 1. The molecule has 0 aromatic heterocycles. The highest BCUT2D eigenvalue weighted by atomic mass is 35.5. The molecule has 0 heterocycles. The van der Waals surface area contributed by atoms with Gasteiger partial charge in [-0.15, -0.1) is 0 Å². The average molecular weight is 256 g/mol. The van der Waals surface area contributed by atoms with Gasteiger partial charge in [-0.2, -0.15) is 0 Å². The number of alkyl carbamates (subject to hydrolysis) is 1. The number of benzene rings is 1. The summed E-state index contributed by atoms with van der Waals surface area (Å²) in [5, 5.41) is 3.43. The molecule has 1 amide bonds. The van der Waals surface area contributed by atoms with E-state index >= 15 is 0 Å². The van der Waals surface area contributed by atoms with Crippen LogP contribution in [-0.2, 0) is 11.2 Å². The summed E-state index contributed by atoms with van der Waals surface area (Å²) in [6, 6.07) is 7.58. The lowest BCUT2D eigenvalue weighted by atomic mass is 10.1. The molecule has 0 aliphatic rings. The van der Waals surface area contributed by atoms with Gasteiger partial charge in [0.25, 0.3) is 0 Å². The van der Waals surface area contributed by atoms with Gasteiger partial charge in [-0.05, 0) is 30.0 Å². The van der Waals surface area contributed by atoms with Crippen molar-refractivity contribution >= 4 is 17.7 Å². The number of ether oxygens (including phenoxy) is 1. The monoisotopic (exact) mass is 255 g/mol. The minimum atomic E-state index is -0.354. The minimum absolute atomic E-state index is 0.354. The normalized spacial score (nSPS) is 10.4. The predicted octanol–water partition coefficient (Wildman–Crippen LogP) is 3.26. The lowest BCUT2D eigenvalue weighted by Crippen LogP contribution is -2.27. The fraction of sp³-hybridized carbons (Fsp3) is 0.462. The van der Waals surface area contributed by atoms with Crippen LogP contribution < -0.4 is 5.32 Å². The second kappa shape index (κ2) is 7.17. The zero-order valence-electron chi connectivity index (χ0n) is 10.2. The maximum Gasteiger partial charge on any atom is 0.407 e. The van der Waals surface area contributed by atoms with Crippen molar-refractivity contribution in [3.8, 4) is 0 Å². The highest BCUT2D eigenvalue weighted by Gasteiger charge is 2.02. The van der Waals surface area contributed by atoms with Gasteiger partial charge in [0, 0.05) is 11.6 Å².